The highest BCUT2D eigenvalue weighted by atomic mass is 32.1. The van der Waals surface area contributed by atoms with Gasteiger partial charge in [-0.3, -0.25) is 0 Å². The summed E-state index contributed by atoms with van der Waals surface area (Å²) in [4.78, 5) is 4.30. The molecule has 0 spiro atoms. The van der Waals surface area contributed by atoms with Gasteiger partial charge < -0.3 is 5.32 Å². The lowest BCUT2D eigenvalue weighted by atomic mass is 10.1. The Labute approximate surface area is 82.8 Å². The van der Waals surface area contributed by atoms with Crippen LogP contribution in [0, 0.1) is 12.8 Å². The maximum atomic E-state index is 4.30. The van der Waals surface area contributed by atoms with Crippen LogP contribution in [0.5, 0.6) is 0 Å². The molecule has 0 saturated heterocycles. The Morgan fingerprint density at radius 3 is 2.85 bits per heavy atom. The zero-order valence-corrected chi connectivity index (χ0v) is 8.90. The third-order valence-electron chi connectivity index (χ3n) is 2.55. The molecule has 0 aliphatic heterocycles. The molecule has 1 N–H and O–H groups in total. The largest absolute Gasteiger partial charge is 0.358 e. The summed E-state index contributed by atoms with van der Waals surface area (Å²) in [5.74, 6) is 1.74. The van der Waals surface area contributed by atoms with Crippen molar-refractivity contribution in [2.75, 3.05) is 5.32 Å². The lowest BCUT2D eigenvalue weighted by Gasteiger charge is -2.09. The number of anilines is 1. The summed E-state index contributed by atoms with van der Waals surface area (Å²) < 4.78 is 4.15. The van der Waals surface area contributed by atoms with Gasteiger partial charge in [-0.05, 0) is 32.1 Å². The van der Waals surface area contributed by atoms with Crippen LogP contribution >= 0.6 is 11.5 Å². The topological polar surface area (TPSA) is 37.8 Å². The van der Waals surface area contributed by atoms with E-state index in [-0.39, 0.29) is 0 Å². The Kier molecular flexibility index (Phi) is 2.49. The van der Waals surface area contributed by atoms with Crippen molar-refractivity contribution in [3.63, 3.8) is 0 Å². The van der Waals surface area contributed by atoms with Gasteiger partial charge in [0.25, 0.3) is 0 Å². The van der Waals surface area contributed by atoms with E-state index < -0.39 is 0 Å². The predicted molar refractivity (Wildman–Crippen MR) is 55.1 cm³/mol. The van der Waals surface area contributed by atoms with Crippen LogP contribution in [0.4, 0.5) is 5.13 Å². The van der Waals surface area contributed by atoms with Crippen molar-refractivity contribution in [3.8, 4) is 0 Å². The van der Waals surface area contributed by atoms with Crippen molar-refractivity contribution in [1.82, 2.24) is 9.36 Å². The van der Waals surface area contributed by atoms with Gasteiger partial charge in [-0.1, -0.05) is 6.92 Å². The molecule has 1 aliphatic carbocycles. The highest BCUT2D eigenvalue weighted by Crippen LogP contribution is 2.27. The maximum Gasteiger partial charge on any atom is 0.202 e. The first-order valence-corrected chi connectivity index (χ1v) is 5.58. The minimum absolute atomic E-state index is 0.627. The number of hydrogen-bond acceptors (Lipinski definition) is 4. The third-order valence-corrected chi connectivity index (χ3v) is 3.29. The molecule has 2 rings (SSSR count). The van der Waals surface area contributed by atoms with E-state index >= 15 is 0 Å². The Balaban J connectivity index is 1.91. The molecule has 2 unspecified atom stereocenters. The molecule has 2 atom stereocenters. The van der Waals surface area contributed by atoms with E-state index in [1.165, 1.54) is 30.8 Å². The van der Waals surface area contributed by atoms with Gasteiger partial charge in [0.05, 0.1) is 0 Å². The second kappa shape index (κ2) is 3.62. The standard InChI is InChI=1S/C9H15N3S/c1-6-3-4-8(5-6)11-9-10-7(2)12-13-9/h6,8H,3-5H2,1-2H3,(H,10,11,12). The number of rotatable bonds is 2. The van der Waals surface area contributed by atoms with Gasteiger partial charge in [0, 0.05) is 17.6 Å². The van der Waals surface area contributed by atoms with Crippen molar-refractivity contribution >= 4 is 16.7 Å². The fourth-order valence-electron chi connectivity index (χ4n) is 1.87. The van der Waals surface area contributed by atoms with E-state index in [1.807, 2.05) is 6.92 Å². The normalized spacial score (nSPS) is 27.8. The third kappa shape index (κ3) is 2.18. The molecule has 72 valence electrons. The van der Waals surface area contributed by atoms with Gasteiger partial charge in [-0.2, -0.15) is 4.37 Å². The maximum absolute atomic E-state index is 4.30. The zero-order chi connectivity index (χ0) is 9.26. The van der Waals surface area contributed by atoms with Crippen molar-refractivity contribution in [2.45, 2.75) is 39.2 Å². The molecule has 1 fully saturated rings. The Morgan fingerprint density at radius 1 is 1.46 bits per heavy atom. The van der Waals surface area contributed by atoms with E-state index in [9.17, 15) is 0 Å². The predicted octanol–water partition coefficient (Wildman–Crippen LogP) is 2.45. The Hall–Kier alpha value is -0.640. The summed E-state index contributed by atoms with van der Waals surface area (Å²) in [6.45, 7) is 4.24. The summed E-state index contributed by atoms with van der Waals surface area (Å²) >= 11 is 1.47. The number of aromatic nitrogens is 2. The fourth-order valence-corrected chi connectivity index (χ4v) is 2.52. The molecule has 1 saturated carbocycles. The van der Waals surface area contributed by atoms with Crippen LogP contribution in [0.25, 0.3) is 0 Å². The molecular weight excluding hydrogens is 182 g/mol. The highest BCUT2D eigenvalue weighted by molar-refractivity contribution is 7.09. The SMILES string of the molecule is Cc1nsc(NC2CCC(C)C2)n1. The molecule has 3 nitrogen and oxygen atoms in total. The average Bonchev–Trinajstić information content (AvgIpc) is 2.62. The van der Waals surface area contributed by atoms with Crippen LogP contribution in [-0.2, 0) is 0 Å². The molecule has 0 amide bonds. The van der Waals surface area contributed by atoms with Crippen LogP contribution in [0.1, 0.15) is 32.0 Å². The van der Waals surface area contributed by atoms with Gasteiger partial charge in [0.1, 0.15) is 5.82 Å². The molecule has 13 heavy (non-hydrogen) atoms. The van der Waals surface area contributed by atoms with Gasteiger partial charge in [0.15, 0.2) is 0 Å². The van der Waals surface area contributed by atoms with E-state index in [1.54, 1.807) is 0 Å². The number of nitrogens with zero attached hydrogens (tertiary/aromatic N) is 2. The monoisotopic (exact) mass is 197 g/mol. The molecule has 1 aromatic heterocycles. The first-order chi connectivity index (χ1) is 6.24. The van der Waals surface area contributed by atoms with Crippen LogP contribution in [-0.4, -0.2) is 15.4 Å². The average molecular weight is 197 g/mol. The molecule has 4 heteroatoms. The lowest BCUT2D eigenvalue weighted by Crippen LogP contribution is -2.14. The van der Waals surface area contributed by atoms with E-state index in [0.29, 0.717) is 6.04 Å². The molecular formula is C9H15N3S. The molecule has 1 heterocycles. The Morgan fingerprint density at radius 2 is 2.31 bits per heavy atom. The molecule has 1 aliphatic rings. The van der Waals surface area contributed by atoms with Crippen molar-refractivity contribution in [1.29, 1.82) is 0 Å². The van der Waals surface area contributed by atoms with Crippen LogP contribution in [0.2, 0.25) is 0 Å². The van der Waals surface area contributed by atoms with Crippen LogP contribution in [0.3, 0.4) is 0 Å². The number of aryl methyl sites for hydroxylation is 1. The summed E-state index contributed by atoms with van der Waals surface area (Å²) in [5.41, 5.74) is 0. The van der Waals surface area contributed by atoms with Crippen LogP contribution in [0.15, 0.2) is 0 Å². The van der Waals surface area contributed by atoms with E-state index in [4.69, 9.17) is 0 Å². The van der Waals surface area contributed by atoms with Crippen molar-refractivity contribution in [3.05, 3.63) is 5.82 Å². The summed E-state index contributed by atoms with van der Waals surface area (Å²) in [7, 11) is 0. The highest BCUT2D eigenvalue weighted by Gasteiger charge is 2.21. The number of nitrogens with one attached hydrogen (secondary N) is 1. The molecule has 0 bridgehead atoms. The van der Waals surface area contributed by atoms with E-state index in [2.05, 4.69) is 21.6 Å². The number of hydrogen-bond donors (Lipinski definition) is 1. The molecule has 0 aromatic carbocycles. The van der Waals surface area contributed by atoms with E-state index in [0.717, 1.165) is 16.9 Å². The zero-order valence-electron chi connectivity index (χ0n) is 8.08. The first-order valence-electron chi connectivity index (χ1n) is 4.81. The van der Waals surface area contributed by atoms with Gasteiger partial charge in [-0.15, -0.1) is 0 Å². The first kappa shape index (κ1) is 8.94. The lowest BCUT2D eigenvalue weighted by molar-refractivity contribution is 0.602. The summed E-state index contributed by atoms with van der Waals surface area (Å²) in [6, 6.07) is 0.627. The molecule has 1 aromatic rings. The van der Waals surface area contributed by atoms with Gasteiger partial charge >= 0.3 is 0 Å². The Bertz CT molecular complexity index is 284. The fraction of sp³-hybridized carbons (Fsp3) is 0.778. The van der Waals surface area contributed by atoms with Crippen molar-refractivity contribution < 1.29 is 0 Å². The smallest absolute Gasteiger partial charge is 0.202 e. The van der Waals surface area contributed by atoms with Gasteiger partial charge in [-0.25, -0.2) is 4.98 Å². The van der Waals surface area contributed by atoms with Gasteiger partial charge in [0.2, 0.25) is 5.13 Å². The molecule has 0 radical (unpaired) electrons. The second-order valence-corrected chi connectivity index (χ2v) is 4.66. The summed E-state index contributed by atoms with van der Waals surface area (Å²) in [6.07, 6.45) is 3.90. The minimum atomic E-state index is 0.627. The van der Waals surface area contributed by atoms with Crippen LogP contribution < -0.4 is 5.32 Å². The second-order valence-electron chi connectivity index (χ2n) is 3.91. The summed E-state index contributed by atoms with van der Waals surface area (Å²) in [5, 5.41) is 4.42. The quantitative estimate of drug-likeness (QED) is 0.791. The minimum Gasteiger partial charge on any atom is -0.358 e. The van der Waals surface area contributed by atoms with Crippen molar-refractivity contribution in [2.24, 2.45) is 5.92 Å².